The fourth-order valence-corrected chi connectivity index (χ4v) is 4.06. The van der Waals surface area contributed by atoms with E-state index in [1.54, 1.807) is 0 Å². The van der Waals surface area contributed by atoms with E-state index in [2.05, 4.69) is 20.8 Å². The van der Waals surface area contributed by atoms with Crippen LogP contribution in [0.15, 0.2) is 46.8 Å². The molecule has 0 aliphatic carbocycles. The molecule has 0 spiro atoms. The number of halogens is 3. The Balaban J connectivity index is 1.54. The van der Waals surface area contributed by atoms with Gasteiger partial charge in [0, 0.05) is 5.69 Å². The molecule has 0 radical (unpaired) electrons. The molecule has 1 heterocycles. The van der Waals surface area contributed by atoms with Gasteiger partial charge in [-0.3, -0.25) is 4.79 Å². The summed E-state index contributed by atoms with van der Waals surface area (Å²) in [5, 5.41) is 15.6. The number of nitrogens with one attached hydrogen (secondary N) is 2. The number of amides is 1. The summed E-state index contributed by atoms with van der Waals surface area (Å²) in [5.74, 6) is -0.0700. The van der Waals surface area contributed by atoms with Crippen LogP contribution in [0.4, 0.5) is 16.5 Å². The first-order valence-electron chi connectivity index (χ1n) is 7.24. The third-order valence-electron chi connectivity index (χ3n) is 3.04. The third-order valence-corrected chi connectivity index (χ3v) is 6.05. The molecule has 10 heteroatoms. The summed E-state index contributed by atoms with van der Waals surface area (Å²) in [6.07, 6.45) is 0. The van der Waals surface area contributed by atoms with Crippen LogP contribution in [0.5, 0.6) is 0 Å². The maximum Gasteiger partial charge on any atom is 0.234 e. The van der Waals surface area contributed by atoms with Crippen molar-refractivity contribution in [2.24, 2.45) is 0 Å². The van der Waals surface area contributed by atoms with Gasteiger partial charge in [-0.15, -0.1) is 10.2 Å². The van der Waals surface area contributed by atoms with Crippen LogP contribution in [0, 0.1) is 0 Å². The van der Waals surface area contributed by atoms with Crippen molar-refractivity contribution in [3.8, 4) is 0 Å². The lowest BCUT2D eigenvalue weighted by atomic mass is 10.3. The Morgan fingerprint density at radius 2 is 1.77 bits per heavy atom. The summed E-state index contributed by atoms with van der Waals surface area (Å²) in [4.78, 5) is 12.1. The van der Waals surface area contributed by atoms with E-state index in [9.17, 15) is 4.79 Å². The second-order valence-corrected chi connectivity index (χ2v) is 8.37. The molecular formula is C16H11Cl3N4OS2. The number of carbonyl (C=O) groups excluding carboxylic acids is 1. The van der Waals surface area contributed by atoms with E-state index in [4.69, 9.17) is 34.8 Å². The van der Waals surface area contributed by atoms with Gasteiger partial charge < -0.3 is 10.6 Å². The van der Waals surface area contributed by atoms with E-state index in [1.807, 2.05) is 30.3 Å². The number of thioether (sulfide) groups is 1. The standard InChI is InChI=1S/C16H11Cl3N4OS2/c17-10-6-12(19)13(7-11(10)18)21-14(24)8-25-16-23-22-15(26-16)20-9-4-2-1-3-5-9/h1-7H,8H2,(H,20,22)(H,21,24). The van der Waals surface area contributed by atoms with E-state index in [0.29, 0.717) is 30.2 Å². The molecule has 3 rings (SSSR count). The van der Waals surface area contributed by atoms with Crippen LogP contribution in [-0.4, -0.2) is 21.9 Å². The predicted molar refractivity (Wildman–Crippen MR) is 110 cm³/mol. The van der Waals surface area contributed by atoms with Crippen molar-refractivity contribution in [1.29, 1.82) is 0 Å². The van der Waals surface area contributed by atoms with Crippen molar-refractivity contribution < 1.29 is 4.79 Å². The average Bonchev–Trinajstić information content (AvgIpc) is 3.06. The summed E-state index contributed by atoms with van der Waals surface area (Å²) in [5.41, 5.74) is 1.34. The van der Waals surface area contributed by atoms with Gasteiger partial charge in [0.2, 0.25) is 11.0 Å². The molecule has 1 amide bonds. The molecule has 134 valence electrons. The van der Waals surface area contributed by atoms with Crippen LogP contribution in [0.25, 0.3) is 0 Å². The Morgan fingerprint density at radius 3 is 2.54 bits per heavy atom. The van der Waals surface area contributed by atoms with Crippen molar-refractivity contribution in [3.63, 3.8) is 0 Å². The van der Waals surface area contributed by atoms with Crippen LogP contribution in [-0.2, 0) is 4.79 Å². The molecule has 26 heavy (non-hydrogen) atoms. The molecule has 1 aromatic heterocycles. The zero-order valence-corrected chi connectivity index (χ0v) is 16.9. The average molecular weight is 446 g/mol. The first kappa shape index (κ1) is 19.3. The van der Waals surface area contributed by atoms with E-state index in [-0.39, 0.29) is 11.7 Å². The minimum atomic E-state index is -0.233. The zero-order valence-electron chi connectivity index (χ0n) is 13.0. The van der Waals surface area contributed by atoms with E-state index < -0.39 is 0 Å². The smallest absolute Gasteiger partial charge is 0.234 e. The predicted octanol–water partition coefficient (Wildman–Crippen LogP) is 5.97. The SMILES string of the molecule is O=C(CSc1nnc(Nc2ccccc2)s1)Nc1cc(Cl)c(Cl)cc1Cl. The highest BCUT2D eigenvalue weighted by Gasteiger charge is 2.12. The summed E-state index contributed by atoms with van der Waals surface area (Å²) >= 11 is 20.5. The van der Waals surface area contributed by atoms with Crippen molar-refractivity contribution in [2.45, 2.75) is 4.34 Å². The maximum atomic E-state index is 12.1. The van der Waals surface area contributed by atoms with E-state index in [1.165, 1.54) is 35.2 Å². The first-order valence-corrected chi connectivity index (χ1v) is 10.2. The lowest BCUT2D eigenvalue weighted by molar-refractivity contribution is -0.113. The van der Waals surface area contributed by atoms with Gasteiger partial charge >= 0.3 is 0 Å². The normalized spacial score (nSPS) is 10.6. The summed E-state index contributed by atoms with van der Waals surface area (Å²) in [7, 11) is 0. The van der Waals surface area contributed by atoms with Crippen LogP contribution in [0.3, 0.4) is 0 Å². The molecule has 0 unspecified atom stereocenters. The number of benzene rings is 2. The molecule has 0 saturated carbocycles. The van der Waals surface area contributed by atoms with Gasteiger partial charge in [0.05, 0.1) is 26.5 Å². The van der Waals surface area contributed by atoms with Gasteiger partial charge in [-0.2, -0.15) is 0 Å². The molecule has 0 aliphatic heterocycles. The van der Waals surface area contributed by atoms with Gasteiger partial charge in [-0.25, -0.2) is 0 Å². The summed E-state index contributed by atoms with van der Waals surface area (Å²) in [6.45, 7) is 0. The number of hydrogen-bond donors (Lipinski definition) is 2. The van der Waals surface area contributed by atoms with E-state index >= 15 is 0 Å². The van der Waals surface area contributed by atoms with Gasteiger partial charge in [0.1, 0.15) is 0 Å². The minimum absolute atomic E-state index is 0.163. The van der Waals surface area contributed by atoms with Crippen LogP contribution in [0.2, 0.25) is 15.1 Å². The molecule has 2 N–H and O–H groups in total. The Bertz CT molecular complexity index is 921. The molecule has 0 fully saturated rings. The number of aromatic nitrogens is 2. The van der Waals surface area contributed by atoms with E-state index in [0.717, 1.165) is 5.69 Å². The monoisotopic (exact) mass is 444 g/mol. The number of carbonyl (C=O) groups is 1. The molecule has 2 aromatic carbocycles. The highest BCUT2D eigenvalue weighted by Crippen LogP contribution is 2.33. The Hall–Kier alpha value is -1.51. The van der Waals surface area contributed by atoms with Gasteiger partial charge in [-0.1, -0.05) is 76.1 Å². The number of para-hydroxylation sites is 1. The molecule has 0 bridgehead atoms. The quantitative estimate of drug-likeness (QED) is 0.361. The van der Waals surface area contributed by atoms with Gasteiger partial charge in [0.25, 0.3) is 0 Å². The summed E-state index contributed by atoms with van der Waals surface area (Å²) in [6, 6.07) is 12.7. The molecule has 0 aliphatic rings. The second kappa shape index (κ2) is 8.92. The second-order valence-electron chi connectivity index (χ2n) is 4.95. The fourth-order valence-electron chi connectivity index (χ4n) is 1.90. The Kier molecular flexibility index (Phi) is 6.61. The molecule has 0 saturated heterocycles. The molecular weight excluding hydrogens is 435 g/mol. The molecule has 0 atom stereocenters. The third kappa shape index (κ3) is 5.25. The van der Waals surface area contributed by atoms with Crippen molar-refractivity contribution in [1.82, 2.24) is 10.2 Å². The topological polar surface area (TPSA) is 66.9 Å². The van der Waals surface area contributed by atoms with Crippen LogP contribution < -0.4 is 10.6 Å². The lowest BCUT2D eigenvalue weighted by Crippen LogP contribution is -2.14. The van der Waals surface area contributed by atoms with Gasteiger partial charge in [0.15, 0.2) is 4.34 Å². The Labute approximate surface area is 173 Å². The number of anilines is 3. The zero-order chi connectivity index (χ0) is 18.5. The largest absolute Gasteiger partial charge is 0.330 e. The molecule has 5 nitrogen and oxygen atoms in total. The van der Waals surface area contributed by atoms with Crippen molar-refractivity contribution >= 4 is 80.3 Å². The van der Waals surface area contributed by atoms with Crippen LogP contribution >= 0.6 is 57.9 Å². The van der Waals surface area contributed by atoms with Crippen molar-refractivity contribution in [3.05, 3.63) is 57.5 Å². The van der Waals surface area contributed by atoms with Crippen molar-refractivity contribution in [2.75, 3.05) is 16.4 Å². The maximum absolute atomic E-state index is 12.1. The first-order chi connectivity index (χ1) is 12.5. The number of rotatable bonds is 6. The van der Waals surface area contributed by atoms with Gasteiger partial charge in [-0.05, 0) is 24.3 Å². The van der Waals surface area contributed by atoms with Crippen LogP contribution in [0.1, 0.15) is 0 Å². The molecule has 3 aromatic rings. The number of nitrogens with zero attached hydrogens (tertiary/aromatic N) is 2. The Morgan fingerprint density at radius 1 is 1.04 bits per heavy atom. The number of hydrogen-bond acceptors (Lipinski definition) is 6. The fraction of sp³-hybridized carbons (Fsp3) is 0.0625. The lowest BCUT2D eigenvalue weighted by Gasteiger charge is -2.08. The minimum Gasteiger partial charge on any atom is -0.330 e. The highest BCUT2D eigenvalue weighted by molar-refractivity contribution is 8.01. The highest BCUT2D eigenvalue weighted by atomic mass is 35.5. The summed E-state index contributed by atoms with van der Waals surface area (Å²) < 4.78 is 0.679.